The van der Waals surface area contributed by atoms with E-state index in [1.54, 1.807) is 0 Å². The van der Waals surface area contributed by atoms with E-state index < -0.39 is 67.3 Å². The Hall–Kier alpha value is -6.18. The first-order valence-electron chi connectivity index (χ1n) is 32.8. The highest BCUT2D eigenvalue weighted by atomic mass is 16.7. The number of allylic oxidation sites excluding steroid dienone is 30. The van der Waals surface area contributed by atoms with E-state index in [0.29, 0.717) is 25.7 Å². The molecule has 0 aromatic heterocycles. The number of carboxylic acids is 1. The summed E-state index contributed by atoms with van der Waals surface area (Å²) < 4.78 is 28.4. The number of carbonyl (C=O) groups excluding carboxylic acids is 3. The second-order valence-corrected chi connectivity index (χ2v) is 21.2. The molecular weight excluding hydrogens is 1090 g/mol. The van der Waals surface area contributed by atoms with Gasteiger partial charge in [-0.25, -0.2) is 4.79 Å². The fourth-order valence-electron chi connectivity index (χ4n) is 8.59. The molecule has 484 valence electrons. The van der Waals surface area contributed by atoms with Gasteiger partial charge in [0.25, 0.3) is 0 Å². The van der Waals surface area contributed by atoms with Crippen LogP contribution in [0.2, 0.25) is 0 Å². The van der Waals surface area contributed by atoms with E-state index in [1.165, 1.54) is 0 Å². The summed E-state index contributed by atoms with van der Waals surface area (Å²) in [5, 5.41) is 31.6. The van der Waals surface area contributed by atoms with Crippen LogP contribution in [0, 0.1) is 0 Å². The quantitative estimate of drug-likeness (QED) is 0.0228. The standard InChI is InChI=1S/C75H112O12/c1-4-7-10-13-16-19-22-25-28-31-34-37-40-43-46-49-52-55-58-61-67(76)83-64-66(85-68(77)62-59-56-53-50-47-44-41-38-35-32-29-26-23-20-17-14-11-8-5-2)65-84-75-73(71(80)70(79)72(87-75)74(81)82)86-69(78)63-60-57-54-51-48-45-42-39-36-33-30-27-24-21-18-15-12-9-6-3/h7-12,16-21,25-30,34-39,43,45-46,48,54,57,66,70-73,75,79-80H,4-6,13-15,22-24,31-33,40-42,44,47,49-53,55-56,58-65H2,1-3H3,(H,81,82)/b10-7-,11-8-,12-9-,19-16-,20-17-,21-18-,28-25-,29-26-,30-27-,37-34-,38-35-,39-36-,46-43-,48-45-,57-54-. The molecule has 0 aromatic carbocycles. The largest absolute Gasteiger partial charge is 0.479 e. The molecule has 1 aliphatic rings. The predicted octanol–water partition coefficient (Wildman–Crippen LogP) is 18.0. The third kappa shape index (κ3) is 49.5. The fourth-order valence-corrected chi connectivity index (χ4v) is 8.59. The molecule has 6 unspecified atom stereocenters. The van der Waals surface area contributed by atoms with Gasteiger partial charge in [-0.1, -0.05) is 235 Å². The van der Waals surface area contributed by atoms with Crippen molar-refractivity contribution in [3.8, 4) is 0 Å². The number of aliphatic carboxylic acids is 1. The Bertz CT molecular complexity index is 2210. The molecule has 0 aliphatic carbocycles. The Morgan fingerprint density at radius 3 is 1.10 bits per heavy atom. The molecule has 0 radical (unpaired) electrons. The zero-order chi connectivity index (χ0) is 63.1. The van der Waals surface area contributed by atoms with Gasteiger partial charge in [-0.15, -0.1) is 0 Å². The van der Waals surface area contributed by atoms with Crippen molar-refractivity contribution in [2.24, 2.45) is 0 Å². The Kier molecular flexibility index (Phi) is 54.5. The van der Waals surface area contributed by atoms with Crippen LogP contribution in [0.15, 0.2) is 182 Å². The first-order chi connectivity index (χ1) is 42.6. The summed E-state index contributed by atoms with van der Waals surface area (Å²) in [6, 6.07) is 0. The summed E-state index contributed by atoms with van der Waals surface area (Å²) >= 11 is 0. The van der Waals surface area contributed by atoms with E-state index in [-0.39, 0.29) is 25.9 Å². The van der Waals surface area contributed by atoms with Crippen LogP contribution in [-0.4, -0.2) is 89.2 Å². The van der Waals surface area contributed by atoms with Crippen LogP contribution in [-0.2, 0) is 42.9 Å². The number of unbranched alkanes of at least 4 members (excludes halogenated alkanes) is 9. The van der Waals surface area contributed by atoms with Gasteiger partial charge in [-0.2, -0.15) is 0 Å². The van der Waals surface area contributed by atoms with Gasteiger partial charge in [0, 0.05) is 19.3 Å². The van der Waals surface area contributed by atoms with Crippen molar-refractivity contribution < 1.29 is 58.2 Å². The van der Waals surface area contributed by atoms with E-state index in [4.69, 9.17) is 23.7 Å². The molecule has 1 heterocycles. The molecule has 0 bridgehead atoms. The molecule has 0 aromatic rings. The number of aliphatic hydroxyl groups excluding tert-OH is 2. The van der Waals surface area contributed by atoms with Crippen molar-refractivity contribution in [3.05, 3.63) is 182 Å². The lowest BCUT2D eigenvalue weighted by molar-refractivity contribution is -0.301. The average molecular weight is 1210 g/mol. The summed E-state index contributed by atoms with van der Waals surface area (Å²) in [5.41, 5.74) is 0. The highest BCUT2D eigenvalue weighted by Crippen LogP contribution is 2.26. The van der Waals surface area contributed by atoms with Crippen LogP contribution in [0.4, 0.5) is 0 Å². The fraction of sp³-hybridized carbons (Fsp3) is 0.547. The van der Waals surface area contributed by atoms with Crippen molar-refractivity contribution in [2.75, 3.05) is 13.2 Å². The maximum absolute atomic E-state index is 13.2. The predicted molar refractivity (Wildman–Crippen MR) is 358 cm³/mol. The van der Waals surface area contributed by atoms with Gasteiger partial charge in [0.15, 0.2) is 24.6 Å². The van der Waals surface area contributed by atoms with E-state index in [0.717, 1.165) is 148 Å². The average Bonchev–Trinajstić information content (AvgIpc) is 2.60. The Balaban J connectivity index is 2.76. The molecule has 87 heavy (non-hydrogen) atoms. The first kappa shape index (κ1) is 78.8. The van der Waals surface area contributed by atoms with Gasteiger partial charge in [0.05, 0.1) is 6.61 Å². The monoisotopic (exact) mass is 1200 g/mol. The molecule has 12 heteroatoms. The third-order valence-corrected chi connectivity index (χ3v) is 13.5. The van der Waals surface area contributed by atoms with Gasteiger partial charge in [0.1, 0.15) is 18.8 Å². The number of carbonyl (C=O) groups is 4. The topological polar surface area (TPSA) is 175 Å². The van der Waals surface area contributed by atoms with Crippen LogP contribution in [0.3, 0.4) is 0 Å². The number of hydrogen-bond acceptors (Lipinski definition) is 11. The third-order valence-electron chi connectivity index (χ3n) is 13.5. The van der Waals surface area contributed by atoms with Gasteiger partial charge >= 0.3 is 23.9 Å². The first-order valence-corrected chi connectivity index (χ1v) is 32.8. The number of rotatable bonds is 53. The SMILES string of the molecule is CC/C=C\C/C=C\C/C=C\C/C=C\C/C=C\C/C=C\CCC(=O)OC1C(OCC(COC(=O)CCCCC/C=C\C/C=C\C/C=C\C/C=C\C/C=C\CC)OC(=O)CCCCCCCC/C=C\C/C=C\C/C=C\C/C=C\CC)OC(C(=O)O)C(O)C1O. The van der Waals surface area contributed by atoms with Gasteiger partial charge < -0.3 is 39.0 Å². The normalized spacial score (nSPS) is 18.6. The van der Waals surface area contributed by atoms with Crippen molar-refractivity contribution in [1.29, 1.82) is 0 Å². The van der Waals surface area contributed by atoms with Crippen molar-refractivity contribution in [2.45, 2.75) is 250 Å². The van der Waals surface area contributed by atoms with Crippen molar-refractivity contribution >= 4 is 23.9 Å². The molecule has 1 fully saturated rings. The lowest BCUT2D eigenvalue weighted by atomic mass is 9.98. The molecule has 3 N–H and O–H groups in total. The minimum Gasteiger partial charge on any atom is -0.479 e. The molecule has 6 atom stereocenters. The molecule has 12 nitrogen and oxygen atoms in total. The van der Waals surface area contributed by atoms with Gasteiger partial charge in [-0.05, 0) is 141 Å². The van der Waals surface area contributed by atoms with Crippen LogP contribution in [0.25, 0.3) is 0 Å². The lowest BCUT2D eigenvalue weighted by Crippen LogP contribution is -2.61. The van der Waals surface area contributed by atoms with E-state index in [1.807, 2.05) is 18.2 Å². The number of carboxylic acid groups (broad SMARTS) is 1. The number of aliphatic hydroxyl groups is 2. The highest BCUT2D eigenvalue weighted by molar-refractivity contribution is 5.74. The lowest BCUT2D eigenvalue weighted by Gasteiger charge is -2.40. The minimum atomic E-state index is -1.95. The summed E-state index contributed by atoms with van der Waals surface area (Å²) in [6.07, 6.45) is 78.5. The number of ether oxygens (including phenoxy) is 5. The van der Waals surface area contributed by atoms with E-state index >= 15 is 0 Å². The molecule has 1 aliphatic heterocycles. The number of hydrogen-bond donors (Lipinski definition) is 3. The molecule has 1 saturated heterocycles. The Labute approximate surface area is 525 Å². The van der Waals surface area contributed by atoms with Crippen molar-refractivity contribution in [3.63, 3.8) is 0 Å². The van der Waals surface area contributed by atoms with E-state index in [2.05, 4.69) is 185 Å². The van der Waals surface area contributed by atoms with Crippen molar-refractivity contribution in [1.82, 2.24) is 0 Å². The molecular formula is C75H112O12. The summed E-state index contributed by atoms with van der Waals surface area (Å²) in [6.45, 7) is 5.58. The molecule has 1 rings (SSSR count). The minimum absolute atomic E-state index is 0.0812. The van der Waals surface area contributed by atoms with Crippen LogP contribution in [0.1, 0.15) is 213 Å². The van der Waals surface area contributed by atoms with Crippen LogP contribution >= 0.6 is 0 Å². The second kappa shape index (κ2) is 60.1. The Morgan fingerprint density at radius 1 is 0.379 bits per heavy atom. The highest BCUT2D eigenvalue weighted by Gasteiger charge is 2.50. The Morgan fingerprint density at radius 2 is 0.713 bits per heavy atom. The van der Waals surface area contributed by atoms with Gasteiger partial charge in [-0.3, -0.25) is 14.4 Å². The zero-order valence-electron chi connectivity index (χ0n) is 53.4. The zero-order valence-corrected chi connectivity index (χ0v) is 53.4. The summed E-state index contributed by atoms with van der Waals surface area (Å²) in [4.78, 5) is 51.4. The maximum atomic E-state index is 13.2. The summed E-state index contributed by atoms with van der Waals surface area (Å²) in [5.74, 6) is -3.32. The van der Waals surface area contributed by atoms with Gasteiger partial charge in [0.2, 0.25) is 0 Å². The molecule has 0 amide bonds. The second-order valence-electron chi connectivity index (χ2n) is 21.2. The number of esters is 3. The van der Waals surface area contributed by atoms with Crippen LogP contribution in [0.5, 0.6) is 0 Å². The smallest absolute Gasteiger partial charge is 0.335 e. The van der Waals surface area contributed by atoms with Crippen LogP contribution < -0.4 is 0 Å². The molecule has 0 saturated carbocycles. The summed E-state index contributed by atoms with van der Waals surface area (Å²) in [7, 11) is 0. The maximum Gasteiger partial charge on any atom is 0.335 e. The van der Waals surface area contributed by atoms with E-state index in [9.17, 15) is 34.5 Å². The molecule has 0 spiro atoms.